The molecule has 0 bridgehead atoms. The largest absolute Gasteiger partial charge is 0.465 e. The molecule has 0 aliphatic carbocycles. The fourth-order valence-electron chi connectivity index (χ4n) is 1.97. The first-order chi connectivity index (χ1) is 11.6. The van der Waals surface area contributed by atoms with Crippen molar-refractivity contribution in [2.24, 2.45) is 0 Å². The van der Waals surface area contributed by atoms with Gasteiger partial charge in [0.15, 0.2) is 5.13 Å². The summed E-state index contributed by atoms with van der Waals surface area (Å²) < 4.78 is 5.65. The highest BCUT2D eigenvalue weighted by molar-refractivity contribution is 7.20. The minimum absolute atomic E-state index is 0.323. The number of hydrogen-bond acceptors (Lipinski definition) is 6. The predicted octanol–water partition coefficient (Wildman–Crippen LogP) is 4.45. The molecule has 0 atom stereocenters. The van der Waals surface area contributed by atoms with Crippen molar-refractivity contribution >= 4 is 67.4 Å². The third-order valence-corrected chi connectivity index (χ3v) is 5.62. The Morgan fingerprint density at radius 2 is 2.08 bits per heavy atom. The molecule has 1 aromatic carbocycles. The second-order valence-corrected chi connectivity index (χ2v) is 7.11. The zero-order chi connectivity index (χ0) is 17.1. The predicted molar refractivity (Wildman–Crippen MR) is 98.0 cm³/mol. The number of ether oxygens (including phenoxy) is 1. The van der Waals surface area contributed by atoms with E-state index in [1.54, 1.807) is 6.08 Å². The Bertz CT molecular complexity index is 946. The van der Waals surface area contributed by atoms with Crippen molar-refractivity contribution in [3.63, 3.8) is 0 Å². The van der Waals surface area contributed by atoms with Crippen LogP contribution in [0.15, 0.2) is 36.5 Å². The van der Waals surface area contributed by atoms with Gasteiger partial charge in [-0.3, -0.25) is 10.1 Å². The van der Waals surface area contributed by atoms with Crippen LogP contribution in [0.5, 0.6) is 0 Å². The molecule has 1 amide bonds. The average Bonchev–Trinajstić information content (AvgIpc) is 3.17. The number of rotatable bonds is 4. The van der Waals surface area contributed by atoms with Crippen molar-refractivity contribution in [1.29, 1.82) is 0 Å². The van der Waals surface area contributed by atoms with E-state index in [4.69, 9.17) is 11.6 Å². The molecule has 2 aromatic heterocycles. The maximum Gasteiger partial charge on any atom is 0.349 e. The summed E-state index contributed by atoms with van der Waals surface area (Å²) in [7, 11) is 1.29. The van der Waals surface area contributed by atoms with E-state index in [1.807, 2.05) is 24.3 Å². The summed E-state index contributed by atoms with van der Waals surface area (Å²) in [6, 6.07) is 7.78. The van der Waals surface area contributed by atoms with E-state index >= 15 is 0 Å². The number of methoxy groups -OCH3 is 1. The van der Waals surface area contributed by atoms with Gasteiger partial charge < -0.3 is 4.74 Å². The van der Waals surface area contributed by atoms with E-state index in [0.29, 0.717) is 15.0 Å². The van der Waals surface area contributed by atoms with Crippen LogP contribution >= 0.6 is 34.3 Å². The molecule has 8 heteroatoms. The van der Waals surface area contributed by atoms with Gasteiger partial charge in [0.1, 0.15) is 4.88 Å². The molecule has 5 nitrogen and oxygen atoms in total. The monoisotopic (exact) mass is 378 g/mol. The lowest BCUT2D eigenvalue weighted by Crippen LogP contribution is -2.07. The number of fused-ring (bicyclic) bond motifs is 1. The van der Waals surface area contributed by atoms with Gasteiger partial charge in [-0.2, -0.15) is 0 Å². The Balaban J connectivity index is 1.71. The molecule has 24 heavy (non-hydrogen) atoms. The average molecular weight is 379 g/mol. The van der Waals surface area contributed by atoms with Crippen molar-refractivity contribution in [3.8, 4) is 0 Å². The fourth-order valence-corrected chi connectivity index (χ4v) is 4.10. The highest BCUT2D eigenvalue weighted by atomic mass is 35.5. The summed E-state index contributed by atoms with van der Waals surface area (Å²) in [6.45, 7) is 0. The minimum Gasteiger partial charge on any atom is -0.465 e. The molecule has 122 valence electrons. The fraction of sp³-hybridized carbons (Fsp3) is 0.0625. The maximum atomic E-state index is 12.0. The van der Waals surface area contributed by atoms with E-state index in [9.17, 15) is 9.59 Å². The van der Waals surface area contributed by atoms with Gasteiger partial charge in [-0.25, -0.2) is 9.78 Å². The molecule has 0 fully saturated rings. The Labute approximate surface area is 150 Å². The zero-order valence-corrected chi connectivity index (χ0v) is 14.8. The van der Waals surface area contributed by atoms with Gasteiger partial charge in [0, 0.05) is 21.0 Å². The van der Waals surface area contributed by atoms with E-state index in [1.165, 1.54) is 30.7 Å². The lowest BCUT2D eigenvalue weighted by molar-refractivity contribution is -0.111. The molecule has 0 aliphatic rings. The normalized spacial score (nSPS) is 11.1. The zero-order valence-electron chi connectivity index (χ0n) is 12.4. The van der Waals surface area contributed by atoms with Crippen LogP contribution in [0.1, 0.15) is 14.5 Å². The van der Waals surface area contributed by atoms with Crippen LogP contribution in [0.4, 0.5) is 5.13 Å². The van der Waals surface area contributed by atoms with Gasteiger partial charge in [-0.05, 0) is 12.1 Å². The molecule has 0 spiro atoms. The van der Waals surface area contributed by atoms with Gasteiger partial charge >= 0.3 is 5.97 Å². The molecular weight excluding hydrogens is 368 g/mol. The molecule has 3 aromatic rings. The lowest BCUT2D eigenvalue weighted by atomic mass is 10.2. The maximum absolute atomic E-state index is 12.0. The number of aromatic nitrogens is 1. The first-order valence-corrected chi connectivity index (χ1v) is 8.80. The van der Waals surface area contributed by atoms with Gasteiger partial charge in [0.05, 0.1) is 18.3 Å². The quantitative estimate of drug-likeness (QED) is 0.538. The first kappa shape index (κ1) is 16.6. The third-order valence-electron chi connectivity index (χ3n) is 3.07. The van der Waals surface area contributed by atoms with E-state index in [0.717, 1.165) is 26.3 Å². The number of hydrogen-bond donors (Lipinski definition) is 1. The summed E-state index contributed by atoms with van der Waals surface area (Å²) in [6.07, 6.45) is 4.41. The van der Waals surface area contributed by atoms with Crippen molar-refractivity contribution in [3.05, 3.63) is 51.3 Å². The van der Waals surface area contributed by atoms with Crippen LogP contribution < -0.4 is 5.32 Å². The molecule has 0 unspecified atom stereocenters. The van der Waals surface area contributed by atoms with Crippen molar-refractivity contribution < 1.29 is 14.3 Å². The summed E-state index contributed by atoms with van der Waals surface area (Å²) in [5, 5.41) is 4.52. The van der Waals surface area contributed by atoms with Crippen LogP contribution in [-0.4, -0.2) is 24.0 Å². The second-order valence-electron chi connectivity index (χ2n) is 4.62. The van der Waals surface area contributed by atoms with Gasteiger partial charge in [0.25, 0.3) is 0 Å². The van der Waals surface area contributed by atoms with Crippen LogP contribution in [0.2, 0.25) is 5.02 Å². The van der Waals surface area contributed by atoms with Crippen LogP contribution in [0, 0.1) is 0 Å². The van der Waals surface area contributed by atoms with Crippen LogP contribution in [0.25, 0.3) is 16.2 Å². The summed E-state index contributed by atoms with van der Waals surface area (Å²) >= 11 is 8.88. The Hall–Kier alpha value is -2.22. The number of thiophene rings is 1. The number of anilines is 1. The lowest BCUT2D eigenvalue weighted by Gasteiger charge is -1.95. The molecule has 0 radical (unpaired) electrons. The Kier molecular flexibility index (Phi) is 4.94. The molecule has 3 rings (SSSR count). The highest BCUT2D eigenvalue weighted by Crippen LogP contribution is 2.35. The van der Waals surface area contributed by atoms with Gasteiger partial charge in [0.2, 0.25) is 5.91 Å². The van der Waals surface area contributed by atoms with Crippen molar-refractivity contribution in [2.75, 3.05) is 12.4 Å². The molecule has 1 N–H and O–H groups in total. The first-order valence-electron chi connectivity index (χ1n) is 6.78. The number of esters is 1. The number of nitrogens with one attached hydrogen (secondary N) is 1. The standard InChI is InChI=1S/C16H11ClN2O3S2/c1-22-15(21)12-8-18-16(24-12)19-13(20)7-6-11-14(17)9-4-2-3-5-10(9)23-11/h2-8H,1H3,(H,18,19,20)/b7-6+. The number of carbonyl (C=O) groups excluding carboxylic acids is 2. The SMILES string of the molecule is COC(=O)c1cnc(NC(=O)/C=C/c2sc3ccccc3c2Cl)s1. The summed E-state index contributed by atoms with van der Waals surface area (Å²) in [5.74, 6) is -0.838. The molecule has 0 saturated carbocycles. The molecular formula is C16H11ClN2O3S2. The summed E-state index contributed by atoms with van der Waals surface area (Å²) in [4.78, 5) is 28.4. The molecule has 2 heterocycles. The Morgan fingerprint density at radius 3 is 2.83 bits per heavy atom. The highest BCUT2D eigenvalue weighted by Gasteiger charge is 2.12. The van der Waals surface area contributed by atoms with E-state index in [2.05, 4.69) is 15.0 Å². The topological polar surface area (TPSA) is 68.3 Å². The number of carbonyl (C=O) groups is 2. The molecule has 0 saturated heterocycles. The Morgan fingerprint density at radius 1 is 1.29 bits per heavy atom. The van der Waals surface area contributed by atoms with Gasteiger partial charge in [-0.1, -0.05) is 41.1 Å². The van der Waals surface area contributed by atoms with E-state index in [-0.39, 0.29) is 5.91 Å². The van der Waals surface area contributed by atoms with Crippen LogP contribution in [-0.2, 0) is 9.53 Å². The van der Waals surface area contributed by atoms with Crippen molar-refractivity contribution in [1.82, 2.24) is 4.98 Å². The van der Waals surface area contributed by atoms with Gasteiger partial charge in [-0.15, -0.1) is 11.3 Å². The summed E-state index contributed by atoms with van der Waals surface area (Å²) in [5.41, 5.74) is 0. The number of benzene rings is 1. The number of halogens is 1. The third kappa shape index (κ3) is 3.48. The second kappa shape index (κ2) is 7.12. The number of thiazole rings is 1. The number of nitrogens with zero attached hydrogens (tertiary/aromatic N) is 1. The minimum atomic E-state index is -0.486. The van der Waals surface area contributed by atoms with Crippen molar-refractivity contribution in [2.45, 2.75) is 0 Å². The molecule has 0 aliphatic heterocycles. The number of amides is 1. The van der Waals surface area contributed by atoms with E-state index < -0.39 is 5.97 Å². The van der Waals surface area contributed by atoms with Crippen LogP contribution in [0.3, 0.4) is 0 Å². The smallest absolute Gasteiger partial charge is 0.349 e.